The number of furan rings is 1. The number of nitrogens with zero attached hydrogens (tertiary/aromatic N) is 4. The summed E-state index contributed by atoms with van der Waals surface area (Å²) in [5, 5.41) is 15.7. The second kappa shape index (κ2) is 5.08. The van der Waals surface area contributed by atoms with Crippen molar-refractivity contribution >= 4 is 27.9 Å². The van der Waals surface area contributed by atoms with Crippen molar-refractivity contribution in [3.63, 3.8) is 0 Å². The Morgan fingerprint density at radius 3 is 3.05 bits per heavy atom. The monoisotopic (exact) mass is 311 g/mol. The highest BCUT2D eigenvalue weighted by Crippen LogP contribution is 2.26. The van der Waals surface area contributed by atoms with Crippen molar-refractivity contribution in [2.45, 2.75) is 0 Å². The zero-order valence-corrected chi connectivity index (χ0v) is 11.9. The molecule has 0 aliphatic heterocycles. The Balaban J connectivity index is 1.63. The van der Waals surface area contributed by atoms with Gasteiger partial charge >= 0.3 is 0 Å². The quantitative estimate of drug-likeness (QED) is 0.628. The Kier molecular flexibility index (Phi) is 2.94. The van der Waals surface area contributed by atoms with E-state index in [0.717, 1.165) is 15.5 Å². The van der Waals surface area contributed by atoms with Crippen molar-refractivity contribution in [3.8, 4) is 10.6 Å². The lowest BCUT2D eigenvalue weighted by molar-refractivity contribution is 0.0996. The molecular weight excluding hydrogens is 302 g/mol. The normalized spacial score (nSPS) is 10.9. The van der Waals surface area contributed by atoms with Crippen molar-refractivity contribution < 1.29 is 9.21 Å². The predicted molar refractivity (Wildman–Crippen MR) is 80.8 cm³/mol. The van der Waals surface area contributed by atoms with Crippen LogP contribution in [0.15, 0.2) is 53.4 Å². The second-order valence-electron chi connectivity index (χ2n) is 4.48. The molecule has 22 heavy (non-hydrogen) atoms. The summed E-state index contributed by atoms with van der Waals surface area (Å²) >= 11 is 1.43. The number of aromatic nitrogens is 4. The summed E-state index contributed by atoms with van der Waals surface area (Å²) in [6.07, 6.45) is 3.02. The predicted octanol–water partition coefficient (Wildman–Crippen LogP) is 2.70. The highest BCUT2D eigenvalue weighted by atomic mass is 32.1. The van der Waals surface area contributed by atoms with Gasteiger partial charge in [-0.1, -0.05) is 23.5 Å². The Labute approximate surface area is 128 Å². The van der Waals surface area contributed by atoms with Crippen LogP contribution in [-0.4, -0.2) is 25.7 Å². The number of nitrogens with one attached hydrogen (secondary N) is 1. The smallest absolute Gasteiger partial charge is 0.291 e. The van der Waals surface area contributed by atoms with Gasteiger partial charge in [0.1, 0.15) is 11.3 Å². The van der Waals surface area contributed by atoms with E-state index < -0.39 is 0 Å². The Bertz CT molecular complexity index is 913. The fraction of sp³-hybridized carbons (Fsp3) is 0. The molecule has 0 fully saturated rings. The topological polar surface area (TPSA) is 85.3 Å². The van der Waals surface area contributed by atoms with Gasteiger partial charge in [-0.15, -0.1) is 10.2 Å². The maximum atomic E-state index is 12.0. The van der Waals surface area contributed by atoms with E-state index in [-0.39, 0.29) is 11.7 Å². The molecule has 3 aromatic heterocycles. The molecule has 108 valence electrons. The molecule has 0 aliphatic rings. The first-order valence-corrected chi connectivity index (χ1v) is 7.23. The van der Waals surface area contributed by atoms with Gasteiger partial charge in [0.25, 0.3) is 5.91 Å². The third-order valence-electron chi connectivity index (χ3n) is 3.00. The fourth-order valence-corrected chi connectivity index (χ4v) is 2.82. The molecule has 0 saturated heterocycles. The highest BCUT2D eigenvalue weighted by molar-refractivity contribution is 7.19. The average Bonchev–Trinajstić information content (AvgIpc) is 3.24. The number of carbonyl (C=O) groups is 1. The van der Waals surface area contributed by atoms with Crippen molar-refractivity contribution in [1.82, 2.24) is 19.8 Å². The molecule has 3 heterocycles. The molecule has 0 radical (unpaired) electrons. The first kappa shape index (κ1) is 12.7. The zero-order chi connectivity index (χ0) is 14.9. The van der Waals surface area contributed by atoms with E-state index in [1.807, 2.05) is 24.3 Å². The zero-order valence-electron chi connectivity index (χ0n) is 11.1. The molecule has 0 bridgehead atoms. The van der Waals surface area contributed by atoms with Gasteiger partial charge in [-0.05, 0) is 24.3 Å². The van der Waals surface area contributed by atoms with Gasteiger partial charge in [0.15, 0.2) is 5.76 Å². The number of anilines is 1. The number of benzene rings is 1. The standard InChI is InChI=1S/C14H9N5O2S/c20-12(11-5-2-6-21-11)16-10-4-1-3-9(7-10)13-18-19-8-15-17-14(19)22-13/h1-8H,(H,16,20). The van der Waals surface area contributed by atoms with Crippen LogP contribution in [-0.2, 0) is 0 Å². The number of amides is 1. The van der Waals surface area contributed by atoms with E-state index >= 15 is 0 Å². The molecule has 0 saturated carbocycles. The second-order valence-corrected chi connectivity index (χ2v) is 5.43. The summed E-state index contributed by atoms with van der Waals surface area (Å²) in [5.41, 5.74) is 1.57. The average molecular weight is 311 g/mol. The van der Waals surface area contributed by atoms with Gasteiger partial charge in [-0.25, -0.2) is 0 Å². The maximum absolute atomic E-state index is 12.0. The van der Waals surface area contributed by atoms with Crippen LogP contribution < -0.4 is 5.32 Å². The molecular formula is C14H9N5O2S. The lowest BCUT2D eigenvalue weighted by Gasteiger charge is -2.04. The molecule has 4 rings (SSSR count). The van der Waals surface area contributed by atoms with Crippen molar-refractivity contribution in [1.29, 1.82) is 0 Å². The lowest BCUT2D eigenvalue weighted by atomic mass is 10.2. The fourth-order valence-electron chi connectivity index (χ4n) is 2.01. The first-order chi connectivity index (χ1) is 10.8. The Morgan fingerprint density at radius 1 is 1.27 bits per heavy atom. The number of fused-ring (bicyclic) bond motifs is 1. The molecule has 0 unspecified atom stereocenters. The van der Waals surface area contributed by atoms with E-state index in [1.54, 1.807) is 23.0 Å². The van der Waals surface area contributed by atoms with E-state index in [4.69, 9.17) is 4.42 Å². The van der Waals surface area contributed by atoms with Crippen LogP contribution in [0, 0.1) is 0 Å². The summed E-state index contributed by atoms with van der Waals surface area (Å²) in [4.78, 5) is 12.7. The third-order valence-corrected chi connectivity index (χ3v) is 3.96. The summed E-state index contributed by atoms with van der Waals surface area (Å²) in [5.74, 6) is -0.0236. The number of hydrogen-bond acceptors (Lipinski definition) is 6. The van der Waals surface area contributed by atoms with Crippen LogP contribution in [0.2, 0.25) is 0 Å². The van der Waals surface area contributed by atoms with Gasteiger partial charge in [0, 0.05) is 11.3 Å². The van der Waals surface area contributed by atoms with Crippen LogP contribution in [0.4, 0.5) is 5.69 Å². The number of hydrogen-bond donors (Lipinski definition) is 1. The van der Waals surface area contributed by atoms with Gasteiger partial charge in [-0.3, -0.25) is 4.79 Å². The minimum Gasteiger partial charge on any atom is -0.459 e. The van der Waals surface area contributed by atoms with Crippen molar-refractivity contribution in [3.05, 3.63) is 54.7 Å². The Morgan fingerprint density at radius 2 is 2.23 bits per heavy atom. The molecule has 4 aromatic rings. The van der Waals surface area contributed by atoms with Crippen LogP contribution in [0.1, 0.15) is 10.6 Å². The first-order valence-electron chi connectivity index (χ1n) is 6.42. The summed E-state index contributed by atoms with van der Waals surface area (Å²) < 4.78 is 6.69. The van der Waals surface area contributed by atoms with E-state index in [1.165, 1.54) is 17.6 Å². The van der Waals surface area contributed by atoms with E-state index in [9.17, 15) is 4.79 Å². The van der Waals surface area contributed by atoms with Crippen molar-refractivity contribution in [2.75, 3.05) is 5.32 Å². The van der Waals surface area contributed by atoms with Crippen LogP contribution >= 0.6 is 11.3 Å². The Hall–Kier alpha value is -3.00. The summed E-state index contributed by atoms with van der Waals surface area (Å²) in [7, 11) is 0. The van der Waals surface area contributed by atoms with Crippen LogP contribution in [0.25, 0.3) is 15.5 Å². The molecule has 1 aromatic carbocycles. The summed E-state index contributed by atoms with van der Waals surface area (Å²) in [6, 6.07) is 10.7. The lowest BCUT2D eigenvalue weighted by Crippen LogP contribution is -2.10. The molecule has 0 atom stereocenters. The largest absolute Gasteiger partial charge is 0.459 e. The minimum atomic E-state index is -0.291. The van der Waals surface area contributed by atoms with Crippen molar-refractivity contribution in [2.24, 2.45) is 0 Å². The minimum absolute atomic E-state index is 0.268. The molecule has 7 nitrogen and oxygen atoms in total. The molecule has 1 N–H and O–H groups in total. The highest BCUT2D eigenvalue weighted by Gasteiger charge is 2.11. The van der Waals surface area contributed by atoms with E-state index in [0.29, 0.717) is 5.69 Å². The summed E-state index contributed by atoms with van der Waals surface area (Å²) in [6.45, 7) is 0. The van der Waals surface area contributed by atoms with Gasteiger partial charge in [-0.2, -0.15) is 9.61 Å². The number of carbonyl (C=O) groups excluding carboxylic acids is 1. The van der Waals surface area contributed by atoms with Gasteiger partial charge in [0.2, 0.25) is 4.96 Å². The maximum Gasteiger partial charge on any atom is 0.291 e. The molecule has 1 amide bonds. The number of rotatable bonds is 3. The molecule has 0 aliphatic carbocycles. The van der Waals surface area contributed by atoms with E-state index in [2.05, 4.69) is 20.6 Å². The van der Waals surface area contributed by atoms with Gasteiger partial charge in [0.05, 0.1) is 6.26 Å². The SMILES string of the molecule is O=C(Nc1cccc(-c2nn3cnnc3s2)c1)c1ccco1. The van der Waals surface area contributed by atoms with Crippen LogP contribution in [0.5, 0.6) is 0 Å². The van der Waals surface area contributed by atoms with Crippen LogP contribution in [0.3, 0.4) is 0 Å². The third kappa shape index (κ3) is 2.25. The molecule has 0 spiro atoms. The molecule has 8 heteroatoms. The van der Waals surface area contributed by atoms with Gasteiger partial charge < -0.3 is 9.73 Å².